The van der Waals surface area contributed by atoms with Crippen molar-refractivity contribution in [1.82, 2.24) is 0 Å². The van der Waals surface area contributed by atoms with Crippen molar-refractivity contribution in [1.29, 1.82) is 0 Å². The Bertz CT molecular complexity index is 1530. The summed E-state index contributed by atoms with van der Waals surface area (Å²) in [6.07, 6.45) is 15.8. The maximum absolute atomic E-state index is 4.27. The Morgan fingerprint density at radius 3 is 2.29 bits per heavy atom. The van der Waals surface area contributed by atoms with Gasteiger partial charge in [-0.15, -0.1) is 6.58 Å². The maximum atomic E-state index is 4.27. The SMILES string of the molecule is C=CC1/C=C(N(C)c2ccc(-c3ccccc3)cc2)\C=C2/C/C(=C\C=C/CC1(C)C)C(C)(C)c1cccc2c1NC. The van der Waals surface area contributed by atoms with Gasteiger partial charge in [0, 0.05) is 48.1 Å². The molecule has 1 atom stereocenters. The fourth-order valence-corrected chi connectivity index (χ4v) is 6.28. The van der Waals surface area contributed by atoms with E-state index in [9.17, 15) is 0 Å². The van der Waals surface area contributed by atoms with Gasteiger partial charge in [-0.2, -0.15) is 0 Å². The second-order valence-corrected chi connectivity index (χ2v) is 12.6. The van der Waals surface area contributed by atoms with Crippen molar-refractivity contribution in [3.63, 3.8) is 0 Å². The van der Waals surface area contributed by atoms with Crippen LogP contribution in [0.15, 0.2) is 127 Å². The number of hydrogen-bond donors (Lipinski definition) is 1. The number of benzene rings is 3. The summed E-state index contributed by atoms with van der Waals surface area (Å²) < 4.78 is 0. The molecule has 0 saturated heterocycles. The van der Waals surface area contributed by atoms with Crippen LogP contribution in [-0.2, 0) is 5.41 Å². The van der Waals surface area contributed by atoms with Crippen LogP contribution in [-0.4, -0.2) is 14.1 Å². The average molecular weight is 541 g/mol. The van der Waals surface area contributed by atoms with Crippen LogP contribution in [0.25, 0.3) is 16.7 Å². The fraction of sp³-hybridized carbons (Fsp3) is 0.282. The highest BCUT2D eigenvalue weighted by Crippen LogP contribution is 2.48. The third-order valence-electron chi connectivity index (χ3n) is 9.17. The lowest BCUT2D eigenvalue weighted by Gasteiger charge is -2.32. The minimum Gasteiger partial charge on any atom is -0.387 e. The zero-order valence-electron chi connectivity index (χ0n) is 25.5. The molecule has 210 valence electrons. The number of likely N-dealkylation sites (N-methyl/N-ethyl adjacent to an activating group) is 1. The van der Waals surface area contributed by atoms with Gasteiger partial charge in [0.1, 0.15) is 0 Å². The van der Waals surface area contributed by atoms with Gasteiger partial charge in [-0.3, -0.25) is 0 Å². The first-order valence-corrected chi connectivity index (χ1v) is 14.8. The summed E-state index contributed by atoms with van der Waals surface area (Å²) in [6, 6.07) is 26.2. The third-order valence-corrected chi connectivity index (χ3v) is 9.17. The summed E-state index contributed by atoms with van der Waals surface area (Å²) in [6.45, 7) is 13.7. The molecule has 0 heterocycles. The molecule has 2 nitrogen and oxygen atoms in total. The van der Waals surface area contributed by atoms with Crippen LogP contribution in [0.2, 0.25) is 0 Å². The van der Waals surface area contributed by atoms with E-state index >= 15 is 0 Å². The Labute approximate surface area is 247 Å². The van der Waals surface area contributed by atoms with E-state index in [1.165, 1.54) is 44.8 Å². The van der Waals surface area contributed by atoms with Crippen molar-refractivity contribution in [2.45, 2.75) is 46.0 Å². The number of anilines is 2. The Balaban J connectivity index is 1.68. The Kier molecular flexibility index (Phi) is 7.95. The summed E-state index contributed by atoms with van der Waals surface area (Å²) >= 11 is 0. The van der Waals surface area contributed by atoms with Gasteiger partial charge >= 0.3 is 0 Å². The van der Waals surface area contributed by atoms with Crippen molar-refractivity contribution >= 4 is 16.9 Å². The molecule has 0 spiro atoms. The predicted molar refractivity (Wildman–Crippen MR) is 179 cm³/mol. The first-order valence-electron chi connectivity index (χ1n) is 14.8. The second-order valence-electron chi connectivity index (χ2n) is 12.6. The third kappa shape index (κ3) is 5.61. The second kappa shape index (κ2) is 11.4. The Morgan fingerprint density at radius 1 is 0.902 bits per heavy atom. The highest BCUT2D eigenvalue weighted by atomic mass is 15.1. The van der Waals surface area contributed by atoms with Gasteiger partial charge in [-0.05, 0) is 58.7 Å². The smallest absolute Gasteiger partial charge is 0.0455 e. The van der Waals surface area contributed by atoms with Crippen molar-refractivity contribution < 1.29 is 0 Å². The molecule has 0 fully saturated rings. The number of allylic oxidation sites excluding steroid dienone is 8. The number of fused-ring (bicyclic) bond motifs is 5. The molecule has 41 heavy (non-hydrogen) atoms. The quantitative estimate of drug-likeness (QED) is 0.324. The molecule has 0 saturated carbocycles. The Morgan fingerprint density at radius 2 is 1.61 bits per heavy atom. The molecule has 1 unspecified atom stereocenters. The molecule has 4 bridgehead atoms. The van der Waals surface area contributed by atoms with E-state index < -0.39 is 0 Å². The molecule has 1 N–H and O–H groups in total. The minimum absolute atomic E-state index is 0.0200. The van der Waals surface area contributed by atoms with Crippen molar-refractivity contribution in [2.75, 3.05) is 24.3 Å². The average Bonchev–Trinajstić information content (AvgIpc) is 3.02. The van der Waals surface area contributed by atoms with Gasteiger partial charge in [0.25, 0.3) is 0 Å². The molecule has 0 aliphatic heterocycles. The monoisotopic (exact) mass is 540 g/mol. The molecule has 2 aliphatic rings. The van der Waals surface area contributed by atoms with Crippen molar-refractivity contribution in [2.24, 2.45) is 11.3 Å². The molecule has 2 heteroatoms. The van der Waals surface area contributed by atoms with Gasteiger partial charge in [0.05, 0.1) is 0 Å². The van der Waals surface area contributed by atoms with E-state index in [0.717, 1.165) is 18.5 Å². The van der Waals surface area contributed by atoms with Crippen LogP contribution in [0.4, 0.5) is 11.4 Å². The largest absolute Gasteiger partial charge is 0.387 e. The van der Waals surface area contributed by atoms with Crippen LogP contribution in [0.3, 0.4) is 0 Å². The van der Waals surface area contributed by atoms with Gasteiger partial charge in [0.15, 0.2) is 0 Å². The number of nitrogens with one attached hydrogen (secondary N) is 1. The van der Waals surface area contributed by atoms with E-state index in [4.69, 9.17) is 0 Å². The van der Waals surface area contributed by atoms with E-state index in [0.29, 0.717) is 0 Å². The molecule has 0 aromatic heterocycles. The lowest BCUT2D eigenvalue weighted by atomic mass is 9.74. The molecular weight excluding hydrogens is 496 g/mol. The summed E-state index contributed by atoms with van der Waals surface area (Å²) in [5, 5.41) is 3.57. The van der Waals surface area contributed by atoms with Crippen LogP contribution < -0.4 is 10.2 Å². The van der Waals surface area contributed by atoms with Crippen LogP contribution in [0, 0.1) is 11.3 Å². The lowest BCUT2D eigenvalue weighted by Crippen LogP contribution is -2.23. The highest BCUT2D eigenvalue weighted by molar-refractivity contribution is 5.85. The highest BCUT2D eigenvalue weighted by Gasteiger charge is 2.34. The van der Waals surface area contributed by atoms with Crippen molar-refractivity contribution in [3.8, 4) is 11.1 Å². The first-order chi connectivity index (χ1) is 19.7. The zero-order chi connectivity index (χ0) is 29.2. The van der Waals surface area contributed by atoms with Crippen LogP contribution in [0.5, 0.6) is 0 Å². The minimum atomic E-state index is -0.0966. The number of rotatable bonds is 5. The lowest BCUT2D eigenvalue weighted by molar-refractivity contribution is 0.307. The van der Waals surface area contributed by atoms with E-state index in [1.807, 2.05) is 7.05 Å². The van der Waals surface area contributed by atoms with Gasteiger partial charge in [-0.25, -0.2) is 0 Å². The van der Waals surface area contributed by atoms with Gasteiger partial charge < -0.3 is 10.2 Å². The van der Waals surface area contributed by atoms with Gasteiger partial charge in [-0.1, -0.05) is 124 Å². The van der Waals surface area contributed by atoms with E-state index in [-0.39, 0.29) is 16.7 Å². The fourth-order valence-electron chi connectivity index (χ4n) is 6.28. The normalized spacial score (nSPS) is 24.0. The molecule has 0 amide bonds. The summed E-state index contributed by atoms with van der Waals surface area (Å²) in [7, 11) is 4.23. The molecule has 5 rings (SSSR count). The summed E-state index contributed by atoms with van der Waals surface area (Å²) in [4.78, 5) is 2.33. The molecule has 2 aliphatic carbocycles. The summed E-state index contributed by atoms with van der Waals surface area (Å²) in [5.74, 6) is 0.199. The topological polar surface area (TPSA) is 15.3 Å². The van der Waals surface area contributed by atoms with E-state index in [2.05, 4.69) is 161 Å². The van der Waals surface area contributed by atoms with E-state index in [1.54, 1.807) is 0 Å². The number of para-hydroxylation sites is 1. The Hall–Kier alpha value is -4.04. The molecule has 0 radical (unpaired) electrons. The molecule has 3 aromatic carbocycles. The van der Waals surface area contributed by atoms with Crippen LogP contribution >= 0.6 is 0 Å². The number of hydrogen-bond acceptors (Lipinski definition) is 2. The molecular formula is C39H44N2. The van der Waals surface area contributed by atoms with Gasteiger partial charge in [0.2, 0.25) is 0 Å². The van der Waals surface area contributed by atoms with Crippen LogP contribution in [0.1, 0.15) is 51.7 Å². The molecule has 3 aromatic rings. The maximum Gasteiger partial charge on any atom is 0.0455 e. The number of nitrogens with zero attached hydrogens (tertiary/aromatic N) is 1. The van der Waals surface area contributed by atoms with Crippen molar-refractivity contribution in [3.05, 3.63) is 138 Å². The standard InChI is InChI=1S/C39H44N2/c1-8-31-27-34(41(7)33-22-20-29(21-23-33)28-15-10-9-11-16-28)26-30-25-32(17-12-13-24-38(31,2)3)39(4,5)36-19-14-18-35(30)37(36)40-6/h8-23,26-27,31,40H,1,24-25H2,2-7H3/b13-12-,30-26+,32-17+,34-27+. The summed E-state index contributed by atoms with van der Waals surface area (Å²) in [5.41, 5.74) is 11.3. The predicted octanol–water partition coefficient (Wildman–Crippen LogP) is 10.2. The first kappa shape index (κ1) is 28.5. The zero-order valence-corrected chi connectivity index (χ0v) is 25.5.